The molecular formula is C8H17NO4S. The monoisotopic (exact) mass is 223 g/mol. The zero-order valence-electron chi connectivity index (χ0n) is 8.49. The van der Waals surface area contributed by atoms with Gasteiger partial charge in [-0.15, -0.1) is 0 Å². The second kappa shape index (κ2) is 5.98. The molecule has 14 heavy (non-hydrogen) atoms. The van der Waals surface area contributed by atoms with E-state index in [0.717, 1.165) is 0 Å². The highest BCUT2D eigenvalue weighted by molar-refractivity contribution is 7.91. The van der Waals surface area contributed by atoms with Gasteiger partial charge in [-0.05, 0) is 6.42 Å². The minimum Gasteiger partial charge on any atom is -0.480 e. The van der Waals surface area contributed by atoms with Crippen LogP contribution in [0, 0.1) is 0 Å². The third kappa shape index (κ3) is 5.18. The van der Waals surface area contributed by atoms with Gasteiger partial charge in [-0.1, -0.05) is 13.8 Å². The highest BCUT2D eigenvalue weighted by atomic mass is 32.2. The smallest absolute Gasteiger partial charge is 0.320 e. The number of rotatable bonds is 7. The van der Waals surface area contributed by atoms with Gasteiger partial charge in [0.25, 0.3) is 0 Å². The number of hydrogen-bond donors (Lipinski definition) is 2. The predicted octanol–water partition coefficient (Wildman–Crippen LogP) is -0.126. The zero-order chi connectivity index (χ0) is 11.2. The number of nitrogens with one attached hydrogen (secondary N) is 1. The maximum Gasteiger partial charge on any atom is 0.320 e. The third-order valence-corrected chi connectivity index (χ3v) is 3.66. The van der Waals surface area contributed by atoms with E-state index in [9.17, 15) is 13.2 Å². The number of sulfone groups is 1. The summed E-state index contributed by atoms with van der Waals surface area (Å²) in [7, 11) is -3.00. The lowest BCUT2D eigenvalue weighted by Crippen LogP contribution is -2.38. The lowest BCUT2D eigenvalue weighted by atomic mass is 10.2. The standard InChI is InChI=1S/C8H17NO4S/c1-3-7(8(10)11)9-5-6-14(12,13)4-2/h7,9H,3-6H2,1-2H3,(H,10,11). The number of carbonyl (C=O) groups is 1. The van der Waals surface area contributed by atoms with Crippen LogP contribution in [0.2, 0.25) is 0 Å². The van der Waals surface area contributed by atoms with Crippen LogP contribution in [0.4, 0.5) is 0 Å². The Labute approximate surface area is 84.4 Å². The van der Waals surface area contributed by atoms with Crippen molar-refractivity contribution in [3.8, 4) is 0 Å². The summed E-state index contributed by atoms with van der Waals surface area (Å²) in [6.45, 7) is 3.50. The average molecular weight is 223 g/mol. The maximum atomic E-state index is 11.1. The number of hydrogen-bond acceptors (Lipinski definition) is 4. The Bertz CT molecular complexity index is 273. The lowest BCUT2D eigenvalue weighted by molar-refractivity contribution is -0.139. The molecule has 1 unspecified atom stereocenters. The van der Waals surface area contributed by atoms with Gasteiger partial charge in [-0.25, -0.2) is 8.42 Å². The van der Waals surface area contributed by atoms with Crippen molar-refractivity contribution in [3.05, 3.63) is 0 Å². The molecule has 0 aliphatic heterocycles. The Morgan fingerprint density at radius 2 is 2.00 bits per heavy atom. The van der Waals surface area contributed by atoms with Gasteiger partial charge >= 0.3 is 5.97 Å². The summed E-state index contributed by atoms with van der Waals surface area (Å²) >= 11 is 0. The Kier molecular flexibility index (Phi) is 5.71. The first-order valence-corrected chi connectivity index (χ1v) is 6.41. The van der Waals surface area contributed by atoms with Crippen LogP contribution in [-0.4, -0.2) is 43.6 Å². The summed E-state index contributed by atoms with van der Waals surface area (Å²) in [6, 6.07) is -0.651. The van der Waals surface area contributed by atoms with Crippen molar-refractivity contribution in [2.45, 2.75) is 26.3 Å². The van der Waals surface area contributed by atoms with E-state index in [1.165, 1.54) is 0 Å². The Hall–Kier alpha value is -0.620. The molecule has 0 saturated carbocycles. The van der Waals surface area contributed by atoms with Crippen molar-refractivity contribution in [3.63, 3.8) is 0 Å². The highest BCUT2D eigenvalue weighted by Gasteiger charge is 2.15. The van der Waals surface area contributed by atoms with Gasteiger partial charge in [0.05, 0.1) is 5.75 Å². The molecule has 2 N–H and O–H groups in total. The van der Waals surface area contributed by atoms with E-state index in [1.54, 1.807) is 13.8 Å². The lowest BCUT2D eigenvalue weighted by Gasteiger charge is -2.11. The van der Waals surface area contributed by atoms with Gasteiger partial charge in [0.1, 0.15) is 6.04 Å². The van der Waals surface area contributed by atoms with E-state index >= 15 is 0 Å². The number of carboxylic acids is 1. The fraction of sp³-hybridized carbons (Fsp3) is 0.875. The molecule has 0 radical (unpaired) electrons. The second-order valence-corrected chi connectivity index (χ2v) is 5.46. The second-order valence-electron chi connectivity index (χ2n) is 2.99. The van der Waals surface area contributed by atoms with Gasteiger partial charge < -0.3 is 10.4 Å². The van der Waals surface area contributed by atoms with Crippen molar-refractivity contribution in [1.29, 1.82) is 0 Å². The first kappa shape index (κ1) is 13.4. The van der Waals surface area contributed by atoms with Gasteiger partial charge in [0.2, 0.25) is 0 Å². The van der Waals surface area contributed by atoms with E-state index in [2.05, 4.69) is 5.32 Å². The number of aliphatic carboxylic acids is 1. The molecule has 0 aromatic carbocycles. The molecular weight excluding hydrogens is 206 g/mol. The van der Waals surface area contributed by atoms with Crippen LogP contribution in [0.1, 0.15) is 20.3 Å². The Morgan fingerprint density at radius 3 is 2.36 bits per heavy atom. The molecule has 5 nitrogen and oxygen atoms in total. The molecule has 0 spiro atoms. The molecule has 0 aliphatic rings. The van der Waals surface area contributed by atoms with E-state index in [4.69, 9.17) is 5.11 Å². The Morgan fingerprint density at radius 1 is 1.43 bits per heavy atom. The molecule has 0 aliphatic carbocycles. The van der Waals surface area contributed by atoms with Crippen LogP contribution in [0.5, 0.6) is 0 Å². The molecule has 0 rings (SSSR count). The summed E-state index contributed by atoms with van der Waals surface area (Å²) in [5, 5.41) is 11.3. The zero-order valence-corrected chi connectivity index (χ0v) is 9.30. The SMILES string of the molecule is CCC(NCCS(=O)(=O)CC)C(=O)O. The molecule has 0 aromatic heterocycles. The van der Waals surface area contributed by atoms with Crippen LogP contribution < -0.4 is 5.32 Å². The van der Waals surface area contributed by atoms with Crippen LogP contribution >= 0.6 is 0 Å². The van der Waals surface area contributed by atoms with E-state index < -0.39 is 21.8 Å². The van der Waals surface area contributed by atoms with Gasteiger partial charge in [0, 0.05) is 12.3 Å². The van der Waals surface area contributed by atoms with Crippen LogP contribution in [0.15, 0.2) is 0 Å². The molecule has 0 saturated heterocycles. The summed E-state index contributed by atoms with van der Waals surface area (Å²) in [4.78, 5) is 10.5. The van der Waals surface area contributed by atoms with Crippen molar-refractivity contribution >= 4 is 15.8 Å². The molecule has 0 aromatic rings. The summed E-state index contributed by atoms with van der Waals surface area (Å²) in [5.41, 5.74) is 0. The largest absolute Gasteiger partial charge is 0.480 e. The average Bonchev–Trinajstić information content (AvgIpc) is 2.12. The van der Waals surface area contributed by atoms with Gasteiger partial charge in [-0.3, -0.25) is 4.79 Å². The summed E-state index contributed by atoms with van der Waals surface area (Å²) < 4.78 is 22.1. The minimum absolute atomic E-state index is 0.00667. The molecule has 0 amide bonds. The molecule has 0 fully saturated rings. The first-order valence-electron chi connectivity index (χ1n) is 4.59. The topological polar surface area (TPSA) is 83.5 Å². The van der Waals surface area contributed by atoms with Crippen LogP contribution in [-0.2, 0) is 14.6 Å². The Balaban J connectivity index is 3.89. The van der Waals surface area contributed by atoms with Crippen molar-refractivity contribution in [2.75, 3.05) is 18.1 Å². The van der Waals surface area contributed by atoms with Crippen molar-refractivity contribution in [1.82, 2.24) is 5.32 Å². The highest BCUT2D eigenvalue weighted by Crippen LogP contribution is 1.92. The number of carboxylic acid groups (broad SMARTS) is 1. The van der Waals surface area contributed by atoms with E-state index in [0.29, 0.717) is 6.42 Å². The first-order chi connectivity index (χ1) is 6.43. The van der Waals surface area contributed by atoms with Gasteiger partial charge in [0.15, 0.2) is 9.84 Å². The maximum absolute atomic E-state index is 11.1. The van der Waals surface area contributed by atoms with E-state index in [-0.39, 0.29) is 18.1 Å². The van der Waals surface area contributed by atoms with Gasteiger partial charge in [-0.2, -0.15) is 0 Å². The predicted molar refractivity (Wildman–Crippen MR) is 54.0 cm³/mol. The third-order valence-electron chi connectivity index (χ3n) is 1.95. The summed E-state index contributed by atoms with van der Waals surface area (Å²) in [5.74, 6) is -0.854. The fourth-order valence-electron chi connectivity index (χ4n) is 0.939. The molecule has 6 heteroatoms. The fourth-order valence-corrected chi connectivity index (χ4v) is 1.66. The summed E-state index contributed by atoms with van der Waals surface area (Å²) in [6.07, 6.45) is 0.446. The molecule has 0 bridgehead atoms. The molecule has 1 atom stereocenters. The molecule has 0 heterocycles. The minimum atomic E-state index is -3.00. The normalized spacial score (nSPS) is 13.9. The van der Waals surface area contributed by atoms with Crippen molar-refractivity contribution < 1.29 is 18.3 Å². The van der Waals surface area contributed by atoms with Crippen LogP contribution in [0.25, 0.3) is 0 Å². The quantitative estimate of drug-likeness (QED) is 0.628. The molecule has 84 valence electrons. The van der Waals surface area contributed by atoms with Crippen molar-refractivity contribution in [2.24, 2.45) is 0 Å². The van der Waals surface area contributed by atoms with Crippen LogP contribution in [0.3, 0.4) is 0 Å². The van der Waals surface area contributed by atoms with E-state index in [1.807, 2.05) is 0 Å².